The molecule has 0 bridgehead atoms. The zero-order valence-corrected chi connectivity index (χ0v) is 20.5. The first-order valence-electron chi connectivity index (χ1n) is 10.8. The first kappa shape index (κ1) is 27.1. The van der Waals surface area contributed by atoms with Crippen molar-refractivity contribution in [2.75, 3.05) is 59.0 Å². The maximum absolute atomic E-state index is 13.9. The highest BCUT2D eigenvalue weighted by atomic mass is 127. The predicted molar refractivity (Wildman–Crippen MR) is 127 cm³/mol. The van der Waals surface area contributed by atoms with Gasteiger partial charge in [-0.15, -0.1) is 24.0 Å². The van der Waals surface area contributed by atoms with E-state index < -0.39 is 12.7 Å². The molecular formula is C21H32F4IN5O. The van der Waals surface area contributed by atoms with Crippen molar-refractivity contribution in [1.29, 1.82) is 0 Å². The summed E-state index contributed by atoms with van der Waals surface area (Å²) in [6, 6.07) is 6.32. The lowest BCUT2D eigenvalue weighted by Crippen LogP contribution is -2.46. The molecule has 1 aromatic rings. The summed E-state index contributed by atoms with van der Waals surface area (Å²) >= 11 is 0. The van der Waals surface area contributed by atoms with E-state index in [0.29, 0.717) is 51.8 Å². The van der Waals surface area contributed by atoms with Crippen LogP contribution in [-0.4, -0.2) is 87.0 Å². The molecule has 0 amide bonds. The second kappa shape index (κ2) is 12.9. The van der Waals surface area contributed by atoms with Crippen LogP contribution >= 0.6 is 24.0 Å². The average Bonchev–Trinajstić information content (AvgIpc) is 3.14. The monoisotopic (exact) mass is 573 g/mol. The number of guanidine groups is 1. The highest BCUT2D eigenvalue weighted by Gasteiger charge is 2.34. The Morgan fingerprint density at radius 1 is 1.25 bits per heavy atom. The van der Waals surface area contributed by atoms with E-state index in [1.54, 1.807) is 6.07 Å². The quantitative estimate of drug-likeness (QED) is 0.228. The van der Waals surface area contributed by atoms with Gasteiger partial charge in [-0.1, -0.05) is 12.1 Å². The largest absolute Gasteiger partial charge is 0.401 e. The number of ether oxygens (including phenoxy) is 1. The molecular weight excluding hydrogens is 541 g/mol. The Hall–Kier alpha value is -1.18. The zero-order valence-electron chi connectivity index (χ0n) is 18.2. The first-order chi connectivity index (χ1) is 14.8. The Morgan fingerprint density at radius 2 is 2.00 bits per heavy atom. The number of rotatable bonds is 7. The van der Waals surface area contributed by atoms with Gasteiger partial charge >= 0.3 is 6.18 Å². The van der Waals surface area contributed by atoms with Crippen molar-refractivity contribution in [2.24, 2.45) is 4.99 Å². The molecule has 0 aromatic heterocycles. The molecule has 0 saturated carbocycles. The van der Waals surface area contributed by atoms with Crippen molar-refractivity contribution < 1.29 is 22.3 Å². The summed E-state index contributed by atoms with van der Waals surface area (Å²) in [7, 11) is 0. The second-order valence-corrected chi connectivity index (χ2v) is 7.92. The molecule has 2 saturated heterocycles. The Kier molecular flexibility index (Phi) is 10.9. The maximum atomic E-state index is 13.9. The topological polar surface area (TPSA) is 52.1 Å². The summed E-state index contributed by atoms with van der Waals surface area (Å²) in [5.74, 6) is 0.275. The third-order valence-corrected chi connectivity index (χ3v) is 5.50. The van der Waals surface area contributed by atoms with Crippen molar-refractivity contribution in [3.05, 3.63) is 35.6 Å². The van der Waals surface area contributed by atoms with Crippen LogP contribution in [0.4, 0.5) is 17.6 Å². The molecule has 2 atom stereocenters. The van der Waals surface area contributed by atoms with Crippen LogP contribution in [0.1, 0.15) is 24.9 Å². The number of likely N-dealkylation sites (tertiary alicyclic amines) is 1. The van der Waals surface area contributed by atoms with Crippen LogP contribution in [-0.2, 0) is 4.74 Å². The number of nitrogens with one attached hydrogen (secondary N) is 2. The van der Waals surface area contributed by atoms with Crippen LogP contribution in [0.3, 0.4) is 0 Å². The fraction of sp³-hybridized carbons (Fsp3) is 0.667. The van der Waals surface area contributed by atoms with Crippen LogP contribution in [0.2, 0.25) is 0 Å². The van der Waals surface area contributed by atoms with E-state index in [-0.39, 0.29) is 41.9 Å². The number of benzene rings is 1. The second-order valence-electron chi connectivity index (χ2n) is 7.92. The average molecular weight is 573 g/mol. The van der Waals surface area contributed by atoms with E-state index in [1.165, 1.54) is 17.0 Å². The number of hydrogen-bond donors (Lipinski definition) is 2. The van der Waals surface area contributed by atoms with E-state index in [4.69, 9.17) is 9.73 Å². The summed E-state index contributed by atoms with van der Waals surface area (Å²) in [6.45, 7) is 5.49. The number of alkyl halides is 3. The highest BCUT2D eigenvalue weighted by Crippen LogP contribution is 2.23. The van der Waals surface area contributed by atoms with Gasteiger partial charge in [0.05, 0.1) is 32.3 Å². The molecule has 2 heterocycles. The minimum absolute atomic E-state index is 0. The summed E-state index contributed by atoms with van der Waals surface area (Å²) < 4.78 is 57.3. The van der Waals surface area contributed by atoms with Gasteiger partial charge in [-0.2, -0.15) is 13.2 Å². The standard InChI is InChI=1S/C21H31F4N5O.HI/c1-2-26-20(28-18-6-7-29(14-18)15-21(23,24)25)27-13-19(30-8-10-31-11-9-30)16-4-3-5-17(22)12-16;/h3-5,12,18-19H,2,6-11,13-15H2,1H3,(H2,26,27,28);1H. The van der Waals surface area contributed by atoms with Crippen LogP contribution in [0.15, 0.2) is 29.3 Å². The molecule has 2 fully saturated rings. The Morgan fingerprint density at radius 3 is 2.66 bits per heavy atom. The summed E-state index contributed by atoms with van der Waals surface area (Å²) in [5.41, 5.74) is 0.846. The Balaban J connectivity index is 0.00000363. The molecule has 2 aliphatic heterocycles. The van der Waals surface area contributed by atoms with E-state index in [9.17, 15) is 17.6 Å². The predicted octanol–water partition coefficient (Wildman–Crippen LogP) is 3.01. The van der Waals surface area contributed by atoms with Crippen molar-refractivity contribution >= 4 is 29.9 Å². The molecule has 1 aromatic carbocycles. The number of aliphatic imine (C=N–C) groups is 1. The van der Waals surface area contributed by atoms with Crippen molar-refractivity contribution in [1.82, 2.24) is 20.4 Å². The van der Waals surface area contributed by atoms with Crippen LogP contribution in [0, 0.1) is 5.82 Å². The molecule has 6 nitrogen and oxygen atoms in total. The van der Waals surface area contributed by atoms with Crippen LogP contribution in [0.25, 0.3) is 0 Å². The smallest absolute Gasteiger partial charge is 0.379 e. The molecule has 2 N–H and O–H groups in total. The lowest BCUT2D eigenvalue weighted by atomic mass is 10.0. The van der Waals surface area contributed by atoms with E-state index in [1.807, 2.05) is 13.0 Å². The van der Waals surface area contributed by atoms with Gasteiger partial charge in [0, 0.05) is 38.8 Å². The molecule has 11 heteroatoms. The summed E-state index contributed by atoms with van der Waals surface area (Å²) in [5, 5.41) is 6.44. The number of morpholine rings is 1. The van der Waals surface area contributed by atoms with E-state index in [0.717, 1.165) is 18.7 Å². The summed E-state index contributed by atoms with van der Waals surface area (Å²) in [4.78, 5) is 8.34. The zero-order chi connectivity index (χ0) is 22.3. The third-order valence-electron chi connectivity index (χ3n) is 5.50. The Bertz CT molecular complexity index is 730. The first-order valence-corrected chi connectivity index (χ1v) is 10.8. The number of halogens is 5. The van der Waals surface area contributed by atoms with Crippen molar-refractivity contribution in [3.63, 3.8) is 0 Å². The summed E-state index contributed by atoms with van der Waals surface area (Å²) in [6.07, 6.45) is -3.57. The fourth-order valence-electron chi connectivity index (χ4n) is 4.07. The molecule has 2 unspecified atom stereocenters. The molecule has 32 heavy (non-hydrogen) atoms. The normalized spacial score (nSPS) is 21.8. The molecule has 0 aliphatic carbocycles. The van der Waals surface area contributed by atoms with Gasteiger partial charge in [0.2, 0.25) is 0 Å². The third kappa shape index (κ3) is 8.64. The van der Waals surface area contributed by atoms with Gasteiger partial charge in [-0.05, 0) is 31.0 Å². The van der Waals surface area contributed by atoms with Crippen LogP contribution in [0.5, 0.6) is 0 Å². The maximum Gasteiger partial charge on any atom is 0.401 e. The van der Waals surface area contributed by atoms with Gasteiger partial charge in [0.15, 0.2) is 5.96 Å². The molecule has 0 radical (unpaired) electrons. The molecule has 3 rings (SSSR count). The van der Waals surface area contributed by atoms with E-state index in [2.05, 4.69) is 15.5 Å². The minimum Gasteiger partial charge on any atom is -0.379 e. The molecule has 2 aliphatic rings. The minimum atomic E-state index is -4.19. The van der Waals surface area contributed by atoms with Gasteiger partial charge in [-0.25, -0.2) is 4.39 Å². The lowest BCUT2D eigenvalue weighted by Gasteiger charge is -2.34. The van der Waals surface area contributed by atoms with Gasteiger partial charge in [-0.3, -0.25) is 14.8 Å². The lowest BCUT2D eigenvalue weighted by molar-refractivity contribution is -0.143. The molecule has 0 spiro atoms. The van der Waals surface area contributed by atoms with E-state index >= 15 is 0 Å². The van der Waals surface area contributed by atoms with Crippen molar-refractivity contribution in [2.45, 2.75) is 31.6 Å². The van der Waals surface area contributed by atoms with Crippen LogP contribution < -0.4 is 10.6 Å². The number of hydrogen-bond acceptors (Lipinski definition) is 4. The Labute approximate surface area is 203 Å². The number of nitrogens with zero attached hydrogens (tertiary/aromatic N) is 3. The van der Waals surface area contributed by atoms with Gasteiger partial charge in [0.25, 0.3) is 0 Å². The van der Waals surface area contributed by atoms with Gasteiger partial charge < -0.3 is 15.4 Å². The highest BCUT2D eigenvalue weighted by molar-refractivity contribution is 14.0. The SMILES string of the molecule is CCNC(=NCC(c1cccc(F)c1)N1CCOCC1)NC1CCN(CC(F)(F)F)C1.I. The van der Waals surface area contributed by atoms with Crippen molar-refractivity contribution in [3.8, 4) is 0 Å². The fourth-order valence-corrected chi connectivity index (χ4v) is 4.07. The van der Waals surface area contributed by atoms with Gasteiger partial charge in [0.1, 0.15) is 5.82 Å². The molecule has 182 valence electrons.